The fourth-order valence-electron chi connectivity index (χ4n) is 2.37. The average molecular weight is 429 g/mol. The molecule has 0 saturated carbocycles. The van der Waals surface area contributed by atoms with Crippen LogP contribution in [0.15, 0.2) is 24.8 Å². The highest BCUT2D eigenvalue weighted by molar-refractivity contribution is 6.41. The second kappa shape index (κ2) is 8.46. The quantitative estimate of drug-likeness (QED) is 0.446. The maximum absolute atomic E-state index is 12.1. The van der Waals surface area contributed by atoms with E-state index in [2.05, 4.69) is 21.9 Å². The van der Waals surface area contributed by atoms with Crippen molar-refractivity contribution in [3.63, 3.8) is 0 Å². The Balaban J connectivity index is 2.56. The number of hydrogen-bond acceptors (Lipinski definition) is 4. The van der Waals surface area contributed by atoms with Gasteiger partial charge in [0.15, 0.2) is 0 Å². The van der Waals surface area contributed by atoms with Crippen molar-refractivity contribution in [1.29, 1.82) is 0 Å². The van der Waals surface area contributed by atoms with Crippen LogP contribution in [0.3, 0.4) is 0 Å². The fourth-order valence-corrected chi connectivity index (χ4v) is 3.26. The largest absolute Gasteiger partial charge is 0.444 e. The molecule has 0 fully saturated rings. The van der Waals surface area contributed by atoms with Crippen molar-refractivity contribution in [3.8, 4) is 11.3 Å². The minimum absolute atomic E-state index is 0.229. The number of anilines is 1. The van der Waals surface area contributed by atoms with Gasteiger partial charge in [-0.2, -0.15) is 0 Å². The van der Waals surface area contributed by atoms with Gasteiger partial charge in [-0.25, -0.2) is 14.8 Å². The van der Waals surface area contributed by atoms with E-state index in [0.717, 1.165) is 0 Å². The molecule has 27 heavy (non-hydrogen) atoms. The number of carbonyl (C=O) groups excluding carboxylic acids is 1. The molecule has 0 aliphatic rings. The van der Waals surface area contributed by atoms with Gasteiger partial charge in [0.1, 0.15) is 16.6 Å². The summed E-state index contributed by atoms with van der Waals surface area (Å²) in [5, 5.41) is 3.54. The molecule has 1 N–H and O–H groups in total. The summed E-state index contributed by atoms with van der Waals surface area (Å²) in [5.41, 5.74) is 1.31. The van der Waals surface area contributed by atoms with Gasteiger partial charge in [0.2, 0.25) is 0 Å². The van der Waals surface area contributed by atoms with Crippen LogP contribution in [0.5, 0.6) is 0 Å². The van der Waals surface area contributed by atoms with Crippen LogP contribution in [0.25, 0.3) is 11.3 Å². The number of aromatic nitrogens is 2. The molecule has 5 nitrogen and oxygen atoms in total. The maximum Gasteiger partial charge on any atom is 0.412 e. The first-order valence-corrected chi connectivity index (χ1v) is 9.29. The molecule has 0 unspecified atom stereocenters. The zero-order chi connectivity index (χ0) is 20.4. The van der Waals surface area contributed by atoms with E-state index in [0.29, 0.717) is 44.9 Å². The van der Waals surface area contributed by atoms with E-state index in [1.165, 1.54) is 0 Å². The van der Waals surface area contributed by atoms with E-state index in [4.69, 9.17) is 39.5 Å². The van der Waals surface area contributed by atoms with Crippen LogP contribution in [0.4, 0.5) is 10.5 Å². The van der Waals surface area contributed by atoms with Gasteiger partial charge in [0, 0.05) is 11.1 Å². The number of hydrogen-bond donors (Lipinski definition) is 1. The number of nitrogens with one attached hydrogen (secondary N) is 1. The molecule has 1 heterocycles. The van der Waals surface area contributed by atoms with Crippen molar-refractivity contribution >= 4 is 46.6 Å². The average Bonchev–Trinajstić information content (AvgIpc) is 2.51. The van der Waals surface area contributed by atoms with Gasteiger partial charge in [-0.05, 0) is 46.2 Å². The first kappa shape index (κ1) is 21.5. The van der Waals surface area contributed by atoms with E-state index in [9.17, 15) is 4.79 Å². The number of rotatable bonds is 4. The first-order chi connectivity index (χ1) is 12.5. The number of benzene rings is 1. The minimum Gasteiger partial charge on any atom is -0.444 e. The number of allylic oxidation sites excluding steroid dienone is 1. The highest BCUT2D eigenvalue weighted by atomic mass is 35.5. The zero-order valence-corrected chi connectivity index (χ0v) is 17.8. The molecule has 1 aromatic carbocycles. The van der Waals surface area contributed by atoms with E-state index >= 15 is 0 Å². The van der Waals surface area contributed by atoms with Crippen molar-refractivity contribution in [2.24, 2.45) is 0 Å². The van der Waals surface area contributed by atoms with Gasteiger partial charge in [0.25, 0.3) is 0 Å². The molecular formula is C19H20Cl3N3O2. The zero-order valence-electron chi connectivity index (χ0n) is 15.5. The highest BCUT2D eigenvalue weighted by Crippen LogP contribution is 2.41. The third kappa shape index (κ3) is 5.34. The third-order valence-corrected chi connectivity index (χ3v) is 4.40. The summed E-state index contributed by atoms with van der Waals surface area (Å²) in [7, 11) is 0. The fraction of sp³-hybridized carbons (Fsp3) is 0.316. The van der Waals surface area contributed by atoms with Gasteiger partial charge in [-0.3, -0.25) is 5.32 Å². The minimum atomic E-state index is -0.639. The normalized spacial score (nSPS) is 11.2. The monoisotopic (exact) mass is 427 g/mol. The second-order valence-electron chi connectivity index (χ2n) is 6.79. The Bertz CT molecular complexity index is 893. The van der Waals surface area contributed by atoms with Crippen LogP contribution in [0.2, 0.25) is 15.2 Å². The molecule has 0 spiro atoms. The van der Waals surface area contributed by atoms with Gasteiger partial charge in [0.05, 0.1) is 21.4 Å². The smallest absolute Gasteiger partial charge is 0.412 e. The van der Waals surface area contributed by atoms with E-state index in [1.54, 1.807) is 45.9 Å². The second-order valence-corrected chi connectivity index (χ2v) is 7.94. The SMILES string of the molecule is C=CCc1c(Cl)nc(C)nc1-c1c(Cl)ccc(NC(=O)OC(C)(C)C)c1Cl. The number of aryl methyl sites for hydroxylation is 1. The number of ether oxygens (including phenoxy) is 1. The van der Waals surface area contributed by atoms with Gasteiger partial charge in [-0.1, -0.05) is 40.9 Å². The number of amides is 1. The van der Waals surface area contributed by atoms with Gasteiger partial charge < -0.3 is 4.74 Å². The van der Waals surface area contributed by atoms with Crippen LogP contribution in [0, 0.1) is 6.92 Å². The molecule has 0 atom stereocenters. The Hall–Kier alpha value is -1.82. The van der Waals surface area contributed by atoms with Crippen molar-refractivity contribution in [1.82, 2.24) is 9.97 Å². The Morgan fingerprint density at radius 3 is 2.52 bits per heavy atom. The lowest BCUT2D eigenvalue weighted by Crippen LogP contribution is -2.27. The topological polar surface area (TPSA) is 64.1 Å². The first-order valence-electron chi connectivity index (χ1n) is 8.15. The third-order valence-electron chi connectivity index (χ3n) is 3.38. The van der Waals surface area contributed by atoms with Crippen molar-refractivity contribution in [3.05, 3.63) is 51.4 Å². The molecular weight excluding hydrogens is 409 g/mol. The molecule has 0 aliphatic heterocycles. The summed E-state index contributed by atoms with van der Waals surface area (Å²) in [4.78, 5) is 20.8. The summed E-state index contributed by atoms with van der Waals surface area (Å²) in [6, 6.07) is 3.22. The molecule has 1 amide bonds. The number of carbonyl (C=O) groups is 1. The lowest BCUT2D eigenvalue weighted by molar-refractivity contribution is 0.0636. The molecule has 0 radical (unpaired) electrons. The summed E-state index contributed by atoms with van der Waals surface area (Å²) < 4.78 is 5.27. The van der Waals surface area contributed by atoms with E-state index < -0.39 is 11.7 Å². The predicted molar refractivity (Wildman–Crippen MR) is 111 cm³/mol. The Kier molecular flexibility index (Phi) is 6.73. The molecule has 1 aromatic heterocycles. The van der Waals surface area contributed by atoms with Crippen LogP contribution >= 0.6 is 34.8 Å². The van der Waals surface area contributed by atoms with Crippen LogP contribution in [0.1, 0.15) is 32.2 Å². The summed E-state index contributed by atoms with van der Waals surface area (Å²) in [6.45, 7) is 10.8. The van der Waals surface area contributed by atoms with Crippen LogP contribution in [-0.2, 0) is 11.2 Å². The molecule has 2 aromatic rings. The summed E-state index contributed by atoms with van der Waals surface area (Å²) >= 11 is 19.2. The molecule has 8 heteroatoms. The van der Waals surface area contributed by atoms with Crippen molar-refractivity contribution < 1.29 is 9.53 Å². The lowest BCUT2D eigenvalue weighted by Gasteiger charge is -2.21. The molecule has 0 saturated heterocycles. The lowest BCUT2D eigenvalue weighted by atomic mass is 10.0. The van der Waals surface area contributed by atoms with Crippen molar-refractivity contribution in [2.45, 2.75) is 39.7 Å². The Labute approximate surface area is 173 Å². The number of halogens is 3. The maximum atomic E-state index is 12.1. The van der Waals surface area contributed by atoms with Crippen LogP contribution in [-0.4, -0.2) is 21.7 Å². The van der Waals surface area contributed by atoms with E-state index in [-0.39, 0.29) is 5.02 Å². The Morgan fingerprint density at radius 1 is 1.26 bits per heavy atom. The van der Waals surface area contributed by atoms with Crippen molar-refractivity contribution in [2.75, 3.05) is 5.32 Å². The highest BCUT2D eigenvalue weighted by Gasteiger charge is 2.22. The summed E-state index contributed by atoms with van der Waals surface area (Å²) in [6.07, 6.45) is 1.50. The van der Waals surface area contributed by atoms with Crippen LogP contribution < -0.4 is 5.32 Å². The molecule has 0 bridgehead atoms. The molecule has 2 rings (SSSR count). The summed E-state index contributed by atoms with van der Waals surface area (Å²) in [5.74, 6) is 0.473. The predicted octanol–water partition coefficient (Wildman–Crippen LogP) is 6.49. The molecule has 144 valence electrons. The number of nitrogens with zero attached hydrogens (tertiary/aromatic N) is 2. The molecule has 0 aliphatic carbocycles. The van der Waals surface area contributed by atoms with Gasteiger partial charge >= 0.3 is 6.09 Å². The standard InChI is InChI=1S/C19H20Cl3N3O2/c1-6-7-11-16(23-10(2)24-17(11)22)14-12(20)8-9-13(15(14)21)25-18(26)27-19(3,4)5/h6,8-9H,1,7H2,2-5H3,(H,25,26). The van der Waals surface area contributed by atoms with E-state index in [1.807, 2.05) is 0 Å². The van der Waals surface area contributed by atoms with Gasteiger partial charge in [-0.15, -0.1) is 6.58 Å². The Morgan fingerprint density at radius 2 is 1.93 bits per heavy atom.